The molecule has 22 heavy (non-hydrogen) atoms. The lowest BCUT2D eigenvalue weighted by molar-refractivity contribution is -0.385. The van der Waals surface area contributed by atoms with Crippen molar-refractivity contribution in [2.24, 2.45) is 0 Å². The molecule has 0 bridgehead atoms. The molecular weight excluding hydrogens is 292 g/mol. The standard InChI is InChI=1S/C13H20N4O5/c1-3-13(4-2,7-12(19)20)15-11(18)5-6-16-9-10(8-14-16)17(21)22/h8-9H,3-7H2,1-2H3,(H,15,18)(H,19,20). The van der Waals surface area contributed by atoms with Crippen LogP contribution in [0, 0.1) is 10.1 Å². The number of carboxylic acids is 1. The van der Waals surface area contributed by atoms with Crippen molar-refractivity contribution in [3.8, 4) is 0 Å². The molecule has 0 aromatic carbocycles. The Hall–Kier alpha value is -2.45. The van der Waals surface area contributed by atoms with Crippen LogP contribution in [-0.4, -0.2) is 37.2 Å². The molecule has 9 heteroatoms. The van der Waals surface area contributed by atoms with E-state index in [-0.39, 0.29) is 31.0 Å². The predicted molar refractivity (Wildman–Crippen MR) is 77.2 cm³/mol. The largest absolute Gasteiger partial charge is 0.481 e. The number of nitrogens with zero attached hydrogens (tertiary/aromatic N) is 3. The van der Waals surface area contributed by atoms with E-state index < -0.39 is 16.4 Å². The summed E-state index contributed by atoms with van der Waals surface area (Å²) >= 11 is 0. The Morgan fingerprint density at radius 1 is 1.45 bits per heavy atom. The van der Waals surface area contributed by atoms with Crippen LogP contribution >= 0.6 is 0 Å². The lowest BCUT2D eigenvalue weighted by Crippen LogP contribution is -2.49. The minimum atomic E-state index is -0.966. The molecule has 1 heterocycles. The van der Waals surface area contributed by atoms with E-state index in [4.69, 9.17) is 5.11 Å². The smallest absolute Gasteiger partial charge is 0.306 e. The number of nitrogens with one attached hydrogen (secondary N) is 1. The number of rotatable bonds is 9. The van der Waals surface area contributed by atoms with E-state index in [9.17, 15) is 19.7 Å². The van der Waals surface area contributed by atoms with Crippen molar-refractivity contribution in [3.05, 3.63) is 22.5 Å². The number of carbonyl (C=O) groups excluding carboxylic acids is 1. The fourth-order valence-electron chi connectivity index (χ4n) is 2.15. The van der Waals surface area contributed by atoms with Crippen molar-refractivity contribution in [1.29, 1.82) is 0 Å². The Kier molecular flexibility index (Phi) is 6.02. The van der Waals surface area contributed by atoms with Crippen LogP contribution in [0.4, 0.5) is 5.69 Å². The topological polar surface area (TPSA) is 127 Å². The zero-order valence-corrected chi connectivity index (χ0v) is 12.6. The average molecular weight is 312 g/mol. The van der Waals surface area contributed by atoms with Crippen molar-refractivity contribution < 1.29 is 19.6 Å². The number of aromatic nitrogens is 2. The van der Waals surface area contributed by atoms with Gasteiger partial charge < -0.3 is 10.4 Å². The van der Waals surface area contributed by atoms with Gasteiger partial charge in [-0.05, 0) is 12.8 Å². The first kappa shape index (κ1) is 17.6. The fraction of sp³-hybridized carbons (Fsp3) is 0.615. The van der Waals surface area contributed by atoms with Gasteiger partial charge in [-0.3, -0.25) is 24.4 Å². The molecule has 0 radical (unpaired) electrons. The Balaban J connectivity index is 2.59. The predicted octanol–water partition coefficient (Wildman–Crippen LogP) is 1.33. The molecule has 9 nitrogen and oxygen atoms in total. The van der Waals surface area contributed by atoms with Crippen LogP contribution in [0.15, 0.2) is 12.4 Å². The van der Waals surface area contributed by atoms with Gasteiger partial charge in [-0.2, -0.15) is 5.10 Å². The number of carbonyl (C=O) groups is 2. The Morgan fingerprint density at radius 2 is 2.09 bits per heavy atom. The van der Waals surface area contributed by atoms with Crippen molar-refractivity contribution >= 4 is 17.6 Å². The summed E-state index contributed by atoms with van der Waals surface area (Å²) in [5, 5.41) is 26.1. The quantitative estimate of drug-likeness (QED) is 0.523. The molecular formula is C13H20N4O5. The van der Waals surface area contributed by atoms with E-state index in [1.165, 1.54) is 10.9 Å². The van der Waals surface area contributed by atoms with Gasteiger partial charge in [-0.1, -0.05) is 13.8 Å². The van der Waals surface area contributed by atoms with E-state index in [0.29, 0.717) is 12.8 Å². The van der Waals surface area contributed by atoms with Gasteiger partial charge in [0.1, 0.15) is 12.4 Å². The Morgan fingerprint density at radius 3 is 2.55 bits per heavy atom. The van der Waals surface area contributed by atoms with E-state index in [0.717, 1.165) is 6.20 Å². The van der Waals surface area contributed by atoms with Crippen LogP contribution in [0.1, 0.15) is 39.5 Å². The zero-order valence-electron chi connectivity index (χ0n) is 12.6. The van der Waals surface area contributed by atoms with Gasteiger partial charge in [0.05, 0.1) is 11.3 Å². The van der Waals surface area contributed by atoms with E-state index in [1.807, 2.05) is 13.8 Å². The van der Waals surface area contributed by atoms with Crippen LogP contribution in [0.25, 0.3) is 0 Å². The lowest BCUT2D eigenvalue weighted by atomic mass is 9.89. The average Bonchev–Trinajstić information content (AvgIpc) is 2.93. The normalized spacial score (nSPS) is 11.2. The van der Waals surface area contributed by atoms with Crippen molar-refractivity contribution in [2.75, 3.05) is 0 Å². The Bertz CT molecular complexity index is 550. The molecule has 0 saturated heterocycles. The van der Waals surface area contributed by atoms with Gasteiger partial charge >= 0.3 is 11.7 Å². The highest BCUT2D eigenvalue weighted by Gasteiger charge is 2.30. The van der Waals surface area contributed by atoms with Crippen LogP contribution in [0.2, 0.25) is 0 Å². The van der Waals surface area contributed by atoms with E-state index in [1.54, 1.807) is 0 Å². The summed E-state index contributed by atoms with van der Waals surface area (Å²) in [6, 6.07) is 0. The van der Waals surface area contributed by atoms with Crippen molar-refractivity contribution in [2.45, 2.75) is 51.6 Å². The molecule has 1 rings (SSSR count). The summed E-state index contributed by atoms with van der Waals surface area (Å²) < 4.78 is 1.31. The fourth-order valence-corrected chi connectivity index (χ4v) is 2.15. The van der Waals surface area contributed by atoms with Crippen LogP contribution in [0.3, 0.4) is 0 Å². The minimum Gasteiger partial charge on any atom is -0.481 e. The highest BCUT2D eigenvalue weighted by atomic mass is 16.6. The summed E-state index contributed by atoms with van der Waals surface area (Å²) in [6.07, 6.45) is 3.31. The summed E-state index contributed by atoms with van der Waals surface area (Å²) in [5.41, 5.74) is -0.901. The maximum atomic E-state index is 12.0. The summed E-state index contributed by atoms with van der Waals surface area (Å²) in [7, 11) is 0. The molecule has 0 aliphatic heterocycles. The molecule has 0 atom stereocenters. The second-order valence-corrected chi connectivity index (χ2v) is 5.07. The van der Waals surface area contributed by atoms with Crippen LogP contribution < -0.4 is 5.32 Å². The molecule has 0 saturated carbocycles. The van der Waals surface area contributed by atoms with Gasteiger partial charge in [-0.15, -0.1) is 0 Å². The number of hydrogen-bond acceptors (Lipinski definition) is 5. The first-order valence-corrected chi connectivity index (χ1v) is 7.01. The first-order valence-electron chi connectivity index (χ1n) is 7.01. The molecule has 0 fully saturated rings. The van der Waals surface area contributed by atoms with Crippen LogP contribution in [-0.2, 0) is 16.1 Å². The van der Waals surface area contributed by atoms with E-state index >= 15 is 0 Å². The highest BCUT2D eigenvalue weighted by Crippen LogP contribution is 2.20. The van der Waals surface area contributed by atoms with Crippen molar-refractivity contribution in [3.63, 3.8) is 0 Å². The summed E-state index contributed by atoms with van der Waals surface area (Å²) in [4.78, 5) is 32.9. The molecule has 0 aliphatic carbocycles. The van der Waals surface area contributed by atoms with E-state index in [2.05, 4.69) is 10.4 Å². The summed E-state index contributed by atoms with van der Waals surface area (Å²) in [6.45, 7) is 3.84. The third kappa shape index (κ3) is 4.83. The number of amides is 1. The SMILES string of the molecule is CCC(CC)(CC(=O)O)NC(=O)CCn1cc([N+](=O)[O-])cn1. The molecule has 1 aromatic rings. The maximum absolute atomic E-state index is 12.0. The molecule has 1 amide bonds. The molecule has 122 valence electrons. The van der Waals surface area contributed by atoms with Gasteiger partial charge in [0.25, 0.3) is 0 Å². The molecule has 2 N–H and O–H groups in total. The monoisotopic (exact) mass is 312 g/mol. The number of aliphatic carboxylic acids is 1. The number of carboxylic acid groups (broad SMARTS) is 1. The minimum absolute atomic E-state index is 0.0696. The van der Waals surface area contributed by atoms with Gasteiger partial charge in [0.15, 0.2) is 0 Å². The van der Waals surface area contributed by atoms with Gasteiger partial charge in [0.2, 0.25) is 5.91 Å². The molecule has 0 unspecified atom stereocenters. The lowest BCUT2D eigenvalue weighted by Gasteiger charge is -2.31. The number of nitro groups is 1. The Labute approximate surface area is 127 Å². The molecule has 0 aliphatic rings. The number of hydrogen-bond donors (Lipinski definition) is 2. The van der Waals surface area contributed by atoms with Crippen LogP contribution in [0.5, 0.6) is 0 Å². The third-order valence-electron chi connectivity index (χ3n) is 3.65. The third-order valence-corrected chi connectivity index (χ3v) is 3.65. The van der Waals surface area contributed by atoms with Gasteiger partial charge in [0, 0.05) is 18.5 Å². The summed E-state index contributed by atoms with van der Waals surface area (Å²) in [5.74, 6) is -1.27. The second-order valence-electron chi connectivity index (χ2n) is 5.07. The zero-order chi connectivity index (χ0) is 16.8. The first-order chi connectivity index (χ1) is 10.3. The van der Waals surface area contributed by atoms with Crippen molar-refractivity contribution in [1.82, 2.24) is 15.1 Å². The second kappa shape index (κ2) is 7.53. The molecule has 0 spiro atoms. The molecule has 1 aromatic heterocycles. The van der Waals surface area contributed by atoms with Gasteiger partial charge in [-0.25, -0.2) is 0 Å². The maximum Gasteiger partial charge on any atom is 0.306 e. The highest BCUT2D eigenvalue weighted by molar-refractivity contribution is 5.78. The number of aryl methyl sites for hydroxylation is 1.